The van der Waals surface area contributed by atoms with Crippen molar-refractivity contribution < 1.29 is 22.7 Å². The second-order valence-corrected chi connectivity index (χ2v) is 10.5. The topological polar surface area (TPSA) is 69.7 Å². The molecular formula is C31H28O5S. The van der Waals surface area contributed by atoms with Gasteiger partial charge in [0.2, 0.25) is 15.3 Å². The van der Waals surface area contributed by atoms with Crippen LogP contribution in [0.1, 0.15) is 28.4 Å². The quantitative estimate of drug-likeness (QED) is 0.232. The largest absolute Gasteiger partial charge is 0.450 e. The van der Waals surface area contributed by atoms with Crippen LogP contribution in [0.2, 0.25) is 0 Å². The molecule has 188 valence electrons. The van der Waals surface area contributed by atoms with Gasteiger partial charge >= 0.3 is 5.97 Å². The Kier molecular flexibility index (Phi) is 8.67. The van der Waals surface area contributed by atoms with Crippen LogP contribution < -0.4 is 0 Å². The monoisotopic (exact) mass is 512 g/mol. The van der Waals surface area contributed by atoms with Gasteiger partial charge in [0.25, 0.3) is 0 Å². The molecule has 0 heterocycles. The van der Waals surface area contributed by atoms with E-state index in [1.807, 2.05) is 66.7 Å². The van der Waals surface area contributed by atoms with Crippen LogP contribution in [-0.4, -0.2) is 25.9 Å². The summed E-state index contributed by atoms with van der Waals surface area (Å²) in [5.74, 6) is -0.636. The van der Waals surface area contributed by atoms with Crippen LogP contribution in [0.25, 0.3) is 6.08 Å². The van der Waals surface area contributed by atoms with Gasteiger partial charge in [-0.25, -0.2) is 13.2 Å². The molecule has 0 saturated heterocycles. The van der Waals surface area contributed by atoms with Gasteiger partial charge in [-0.15, -0.1) is 0 Å². The minimum atomic E-state index is -4.08. The SMILES string of the molecule is C/C(=C\c1ccccc1)C(OC(=O)c1ccccc1)C(OCc1ccccc1)S(=O)(=O)c1ccccc1. The molecule has 2 atom stereocenters. The number of esters is 1. The van der Waals surface area contributed by atoms with E-state index in [2.05, 4.69) is 0 Å². The summed E-state index contributed by atoms with van der Waals surface area (Å²) in [5.41, 5.74) is 1.02. The number of hydrogen-bond donors (Lipinski definition) is 0. The molecule has 0 aromatic heterocycles. The lowest BCUT2D eigenvalue weighted by molar-refractivity contribution is -0.0120. The van der Waals surface area contributed by atoms with Crippen molar-refractivity contribution in [1.82, 2.24) is 0 Å². The molecule has 0 aliphatic carbocycles. The highest BCUT2D eigenvalue weighted by molar-refractivity contribution is 7.92. The fourth-order valence-electron chi connectivity index (χ4n) is 3.85. The van der Waals surface area contributed by atoms with Gasteiger partial charge in [-0.05, 0) is 47.9 Å². The summed E-state index contributed by atoms with van der Waals surface area (Å²) in [6.07, 6.45) is 0.601. The van der Waals surface area contributed by atoms with Crippen LogP contribution in [0.15, 0.2) is 132 Å². The lowest BCUT2D eigenvalue weighted by atomic mass is 10.1. The zero-order valence-electron chi connectivity index (χ0n) is 20.4. The van der Waals surface area contributed by atoms with E-state index < -0.39 is 27.3 Å². The summed E-state index contributed by atoms with van der Waals surface area (Å²) in [4.78, 5) is 13.2. The Morgan fingerprint density at radius 1 is 0.757 bits per heavy atom. The van der Waals surface area contributed by atoms with Crippen molar-refractivity contribution in [2.45, 2.75) is 30.0 Å². The Hall–Kier alpha value is -4.00. The third kappa shape index (κ3) is 6.82. The number of carbonyl (C=O) groups is 1. The summed E-state index contributed by atoms with van der Waals surface area (Å²) in [7, 11) is -4.08. The van der Waals surface area contributed by atoms with Gasteiger partial charge in [0.05, 0.1) is 17.1 Å². The normalized spacial score (nSPS) is 13.5. The molecule has 37 heavy (non-hydrogen) atoms. The first kappa shape index (κ1) is 26.1. The van der Waals surface area contributed by atoms with Crippen LogP contribution in [0, 0.1) is 0 Å². The molecule has 0 bridgehead atoms. The number of rotatable bonds is 10. The Morgan fingerprint density at radius 2 is 1.27 bits per heavy atom. The van der Waals surface area contributed by atoms with E-state index in [0.717, 1.165) is 11.1 Å². The summed E-state index contributed by atoms with van der Waals surface area (Å²) in [6.45, 7) is 1.77. The van der Waals surface area contributed by atoms with Gasteiger partial charge in [0.15, 0.2) is 6.10 Å². The summed E-state index contributed by atoms with van der Waals surface area (Å²) in [5, 5.41) is 0. The lowest BCUT2D eigenvalue weighted by Gasteiger charge is -2.28. The van der Waals surface area contributed by atoms with E-state index >= 15 is 0 Å². The van der Waals surface area contributed by atoms with Crippen molar-refractivity contribution in [3.8, 4) is 0 Å². The highest BCUT2D eigenvalue weighted by Crippen LogP contribution is 2.28. The number of benzene rings is 4. The van der Waals surface area contributed by atoms with E-state index in [1.54, 1.807) is 55.5 Å². The molecule has 4 aromatic rings. The van der Waals surface area contributed by atoms with Gasteiger partial charge in [-0.3, -0.25) is 0 Å². The number of ether oxygens (including phenoxy) is 2. The van der Waals surface area contributed by atoms with E-state index in [1.165, 1.54) is 12.1 Å². The van der Waals surface area contributed by atoms with Gasteiger partial charge < -0.3 is 9.47 Å². The molecule has 0 N–H and O–H groups in total. The van der Waals surface area contributed by atoms with E-state index in [-0.39, 0.29) is 11.5 Å². The minimum absolute atomic E-state index is 0.0234. The first-order valence-corrected chi connectivity index (χ1v) is 13.4. The van der Waals surface area contributed by atoms with E-state index in [0.29, 0.717) is 11.1 Å². The molecule has 0 amide bonds. The van der Waals surface area contributed by atoms with Crippen molar-refractivity contribution in [3.63, 3.8) is 0 Å². The molecule has 0 spiro atoms. The zero-order chi connectivity index (χ0) is 26.1. The van der Waals surface area contributed by atoms with Crippen LogP contribution in [0.4, 0.5) is 0 Å². The molecule has 4 aromatic carbocycles. The molecule has 0 aliphatic rings. The molecular weight excluding hydrogens is 484 g/mol. The number of hydrogen-bond acceptors (Lipinski definition) is 5. The molecule has 0 aliphatic heterocycles. The van der Waals surface area contributed by atoms with Crippen LogP contribution in [0.3, 0.4) is 0 Å². The molecule has 0 saturated carbocycles. The highest BCUT2D eigenvalue weighted by Gasteiger charge is 2.39. The maximum atomic E-state index is 13.9. The van der Waals surface area contributed by atoms with Crippen molar-refractivity contribution in [2.24, 2.45) is 0 Å². The fraction of sp³-hybridized carbons (Fsp3) is 0.129. The lowest BCUT2D eigenvalue weighted by Crippen LogP contribution is -2.40. The van der Waals surface area contributed by atoms with Crippen LogP contribution in [0.5, 0.6) is 0 Å². The van der Waals surface area contributed by atoms with Crippen molar-refractivity contribution in [1.29, 1.82) is 0 Å². The average Bonchev–Trinajstić information content (AvgIpc) is 2.94. The molecule has 0 fully saturated rings. The Bertz CT molecular complexity index is 1420. The first-order valence-electron chi connectivity index (χ1n) is 11.9. The molecule has 0 radical (unpaired) electrons. The van der Waals surface area contributed by atoms with Crippen LogP contribution in [-0.2, 0) is 25.9 Å². The maximum absolute atomic E-state index is 13.9. The predicted octanol–water partition coefficient (Wildman–Crippen LogP) is 6.33. The zero-order valence-corrected chi connectivity index (χ0v) is 21.3. The molecule has 6 heteroatoms. The third-order valence-electron chi connectivity index (χ3n) is 5.77. The van der Waals surface area contributed by atoms with E-state index in [4.69, 9.17) is 9.47 Å². The summed E-state index contributed by atoms with van der Waals surface area (Å²) >= 11 is 0. The first-order chi connectivity index (χ1) is 17.9. The Balaban J connectivity index is 1.78. The minimum Gasteiger partial charge on any atom is -0.450 e. The summed E-state index contributed by atoms with van der Waals surface area (Å²) in [6, 6.07) is 35.3. The second kappa shape index (κ2) is 12.3. The van der Waals surface area contributed by atoms with Crippen molar-refractivity contribution >= 4 is 21.9 Å². The standard InChI is InChI=1S/C31H28O5S/c1-24(22-25-14-6-2-7-15-25)29(36-30(32)27-18-10-4-11-19-27)31(35-23-26-16-8-3-9-17-26)37(33,34)28-20-12-5-13-21-28/h2-22,29,31H,23H2,1H3/b24-22+. The van der Waals surface area contributed by atoms with Gasteiger partial charge in [0, 0.05) is 0 Å². The fourth-order valence-corrected chi connectivity index (χ4v) is 5.50. The van der Waals surface area contributed by atoms with Crippen molar-refractivity contribution in [3.05, 3.63) is 144 Å². The number of carbonyl (C=O) groups excluding carboxylic acids is 1. The maximum Gasteiger partial charge on any atom is 0.338 e. The van der Waals surface area contributed by atoms with Crippen LogP contribution >= 0.6 is 0 Å². The number of sulfone groups is 1. The molecule has 4 rings (SSSR count). The highest BCUT2D eigenvalue weighted by atomic mass is 32.2. The average molecular weight is 513 g/mol. The Labute approximate surface area is 217 Å². The molecule has 2 unspecified atom stereocenters. The van der Waals surface area contributed by atoms with Gasteiger partial charge in [-0.2, -0.15) is 0 Å². The molecule has 5 nitrogen and oxygen atoms in total. The van der Waals surface area contributed by atoms with Gasteiger partial charge in [0.1, 0.15) is 0 Å². The Morgan fingerprint density at radius 3 is 1.86 bits per heavy atom. The van der Waals surface area contributed by atoms with Gasteiger partial charge in [-0.1, -0.05) is 103 Å². The van der Waals surface area contributed by atoms with E-state index in [9.17, 15) is 13.2 Å². The summed E-state index contributed by atoms with van der Waals surface area (Å²) < 4.78 is 39.9. The third-order valence-corrected chi connectivity index (χ3v) is 7.69. The second-order valence-electron chi connectivity index (χ2n) is 8.51. The predicted molar refractivity (Wildman–Crippen MR) is 144 cm³/mol. The smallest absolute Gasteiger partial charge is 0.338 e. The van der Waals surface area contributed by atoms with Crippen molar-refractivity contribution in [2.75, 3.05) is 0 Å².